The molecule has 0 aromatic heterocycles. The number of likely N-dealkylation sites (N-methyl/N-ethyl adjacent to an activating group) is 1. The Morgan fingerprint density at radius 1 is 1.12 bits per heavy atom. The van der Waals surface area contributed by atoms with Gasteiger partial charge in [0.05, 0.1) is 40.9 Å². The van der Waals surface area contributed by atoms with Gasteiger partial charge in [0.15, 0.2) is 0 Å². The summed E-state index contributed by atoms with van der Waals surface area (Å²) in [6.07, 6.45) is -3.66. The minimum atomic E-state index is -4.72. The number of nitrogens with zero attached hydrogens (tertiary/aromatic N) is 1. The lowest BCUT2D eigenvalue weighted by Gasteiger charge is -2.22. The lowest BCUT2D eigenvalue weighted by molar-refractivity contribution is -0.137. The summed E-state index contributed by atoms with van der Waals surface area (Å²) >= 11 is 11.7. The maximum Gasteiger partial charge on any atom is 0.418 e. The van der Waals surface area contributed by atoms with Crippen molar-refractivity contribution < 1.29 is 27.4 Å². The highest BCUT2D eigenvalue weighted by Gasteiger charge is 2.35. The fourth-order valence-corrected chi connectivity index (χ4v) is 3.86. The zero-order chi connectivity index (χ0) is 25.5. The van der Waals surface area contributed by atoms with Crippen LogP contribution in [0.15, 0.2) is 30.3 Å². The van der Waals surface area contributed by atoms with Crippen molar-refractivity contribution in [2.45, 2.75) is 31.9 Å². The summed E-state index contributed by atoms with van der Waals surface area (Å²) in [5.41, 5.74) is 0.0321. The highest BCUT2D eigenvalue weighted by atomic mass is 35.5. The van der Waals surface area contributed by atoms with E-state index in [0.717, 1.165) is 18.2 Å². The van der Waals surface area contributed by atoms with Crippen molar-refractivity contribution in [2.75, 3.05) is 46.3 Å². The topological polar surface area (TPSA) is 50.8 Å². The molecule has 188 valence electrons. The summed E-state index contributed by atoms with van der Waals surface area (Å²) in [5.74, 6) is -0.687. The number of carbonyl (C=O) groups excluding carboxylic acids is 1. The quantitative estimate of drug-likeness (QED) is 0.371. The van der Waals surface area contributed by atoms with E-state index in [2.05, 4.69) is 10.2 Å². The molecule has 0 aliphatic carbocycles. The van der Waals surface area contributed by atoms with E-state index in [-0.39, 0.29) is 10.0 Å². The van der Waals surface area contributed by atoms with Gasteiger partial charge in [0.2, 0.25) is 5.91 Å². The lowest BCUT2D eigenvalue weighted by atomic mass is 9.92. The Hall–Kier alpha value is -2.00. The normalized spacial score (nSPS) is 12.6. The number of benzene rings is 2. The fourth-order valence-electron chi connectivity index (χ4n) is 3.53. The van der Waals surface area contributed by atoms with Crippen molar-refractivity contribution >= 4 is 34.8 Å². The van der Waals surface area contributed by atoms with Gasteiger partial charge in [0, 0.05) is 13.7 Å². The van der Waals surface area contributed by atoms with E-state index in [1.165, 1.54) is 7.11 Å². The van der Waals surface area contributed by atoms with E-state index >= 15 is 0 Å². The first kappa shape index (κ1) is 28.2. The molecule has 0 saturated heterocycles. The molecule has 2 aromatic carbocycles. The number of hydrogen-bond donors (Lipinski definition) is 1. The molecule has 0 saturated carbocycles. The van der Waals surface area contributed by atoms with Gasteiger partial charge in [0.1, 0.15) is 5.75 Å². The summed E-state index contributed by atoms with van der Waals surface area (Å²) in [7, 11) is 5.09. The fraction of sp³-hybridized carbons (Fsp3) is 0.458. The highest BCUT2D eigenvalue weighted by Crippen LogP contribution is 2.40. The molecule has 10 heteroatoms. The van der Waals surface area contributed by atoms with Crippen LogP contribution in [0.3, 0.4) is 0 Å². The number of carbonyl (C=O) groups is 1. The summed E-state index contributed by atoms with van der Waals surface area (Å²) in [4.78, 5) is 15.4. The first-order chi connectivity index (χ1) is 16.0. The minimum absolute atomic E-state index is 0.0849. The molecular weight excluding hydrogens is 492 g/mol. The van der Waals surface area contributed by atoms with Crippen LogP contribution in [0.25, 0.3) is 0 Å². The lowest BCUT2D eigenvalue weighted by Crippen LogP contribution is -2.26. The second kappa shape index (κ2) is 12.6. The molecule has 0 heterocycles. The smallest absolute Gasteiger partial charge is 0.418 e. The zero-order valence-corrected chi connectivity index (χ0v) is 21.1. The van der Waals surface area contributed by atoms with E-state index < -0.39 is 29.3 Å². The summed E-state index contributed by atoms with van der Waals surface area (Å²) in [5, 5.41) is 2.10. The number of methoxy groups -OCH3 is 2. The number of halogens is 5. The molecule has 1 atom stereocenters. The Labute approximate surface area is 208 Å². The van der Waals surface area contributed by atoms with Gasteiger partial charge < -0.3 is 19.7 Å². The third-order valence-electron chi connectivity index (χ3n) is 5.48. The van der Waals surface area contributed by atoms with Gasteiger partial charge in [-0.1, -0.05) is 35.3 Å². The van der Waals surface area contributed by atoms with Crippen molar-refractivity contribution in [1.29, 1.82) is 0 Å². The molecule has 34 heavy (non-hydrogen) atoms. The van der Waals surface area contributed by atoms with Crippen LogP contribution in [-0.2, 0) is 15.7 Å². The van der Waals surface area contributed by atoms with Crippen LogP contribution < -0.4 is 10.1 Å². The number of nitrogens with one attached hydrogen (secondary N) is 1. The second-order valence-corrected chi connectivity index (χ2v) is 8.83. The third-order valence-corrected chi connectivity index (χ3v) is 6.21. The van der Waals surface area contributed by atoms with Gasteiger partial charge in [0.25, 0.3) is 0 Å². The van der Waals surface area contributed by atoms with Crippen LogP contribution >= 0.6 is 23.2 Å². The molecule has 0 radical (unpaired) electrons. The number of alkyl halides is 3. The second-order valence-electron chi connectivity index (χ2n) is 8.02. The van der Waals surface area contributed by atoms with Crippen LogP contribution in [0.1, 0.15) is 35.4 Å². The van der Waals surface area contributed by atoms with Gasteiger partial charge >= 0.3 is 6.18 Å². The predicted octanol–water partition coefficient (Wildman–Crippen LogP) is 6.41. The van der Waals surface area contributed by atoms with E-state index in [0.29, 0.717) is 43.4 Å². The Bertz CT molecular complexity index is 987. The van der Waals surface area contributed by atoms with E-state index in [4.69, 9.17) is 32.7 Å². The van der Waals surface area contributed by atoms with Crippen molar-refractivity contribution in [3.8, 4) is 5.75 Å². The largest absolute Gasteiger partial charge is 0.496 e. The highest BCUT2D eigenvalue weighted by molar-refractivity contribution is 6.42. The molecular formula is C24H29Cl2F3N2O3. The van der Waals surface area contributed by atoms with Crippen molar-refractivity contribution in [2.24, 2.45) is 0 Å². The number of amides is 1. The van der Waals surface area contributed by atoms with Gasteiger partial charge in [-0.15, -0.1) is 0 Å². The van der Waals surface area contributed by atoms with Gasteiger partial charge in [-0.25, -0.2) is 0 Å². The van der Waals surface area contributed by atoms with Gasteiger partial charge in [-0.05, 0) is 62.7 Å². The zero-order valence-electron chi connectivity index (χ0n) is 19.6. The molecule has 0 aliphatic heterocycles. The number of ether oxygens (including phenoxy) is 2. The molecule has 5 nitrogen and oxygen atoms in total. The Kier molecular flexibility index (Phi) is 10.5. The summed E-state index contributed by atoms with van der Waals surface area (Å²) < 4.78 is 51.2. The average molecular weight is 521 g/mol. The molecule has 2 rings (SSSR count). The third kappa shape index (κ3) is 7.77. The standard InChI is InChI=1S/C24H29Cl2F3N2O3/c1-15-7-8-16(12-22(15)34-4)17(6-5-9-31(2)10-11-33-3)23(32)30-21-14-20(26)19(25)13-18(21)24(27,28)29/h7-8,12-14,17H,5-6,9-11H2,1-4H3,(H,30,32). The van der Waals surface area contributed by atoms with E-state index in [1.807, 2.05) is 20.0 Å². The van der Waals surface area contributed by atoms with Crippen LogP contribution in [-0.4, -0.2) is 51.8 Å². The molecule has 0 fully saturated rings. The van der Waals surface area contributed by atoms with E-state index in [9.17, 15) is 18.0 Å². The van der Waals surface area contributed by atoms with Gasteiger partial charge in [-0.2, -0.15) is 13.2 Å². The number of anilines is 1. The molecule has 2 aromatic rings. The first-order valence-electron chi connectivity index (χ1n) is 10.7. The molecule has 0 bridgehead atoms. The van der Waals surface area contributed by atoms with Crippen LogP contribution in [0, 0.1) is 6.92 Å². The predicted molar refractivity (Wildman–Crippen MR) is 129 cm³/mol. The Morgan fingerprint density at radius 2 is 1.79 bits per heavy atom. The maximum absolute atomic E-state index is 13.6. The Balaban J connectivity index is 2.33. The number of hydrogen-bond acceptors (Lipinski definition) is 4. The number of rotatable bonds is 11. The summed E-state index contributed by atoms with van der Waals surface area (Å²) in [6.45, 7) is 3.86. The molecule has 0 spiro atoms. The monoisotopic (exact) mass is 520 g/mol. The molecule has 0 aliphatic rings. The average Bonchev–Trinajstić information content (AvgIpc) is 2.77. The number of aryl methyl sites for hydroxylation is 1. The van der Waals surface area contributed by atoms with E-state index in [1.54, 1.807) is 19.2 Å². The van der Waals surface area contributed by atoms with Crippen molar-refractivity contribution in [3.05, 3.63) is 57.1 Å². The van der Waals surface area contributed by atoms with Gasteiger partial charge in [-0.3, -0.25) is 4.79 Å². The van der Waals surface area contributed by atoms with Crippen LogP contribution in [0.4, 0.5) is 18.9 Å². The first-order valence-corrected chi connectivity index (χ1v) is 11.4. The summed E-state index contributed by atoms with van der Waals surface area (Å²) in [6, 6.07) is 7.09. The van der Waals surface area contributed by atoms with Crippen LogP contribution in [0.5, 0.6) is 5.75 Å². The maximum atomic E-state index is 13.6. The molecule has 1 N–H and O–H groups in total. The SMILES string of the molecule is COCCN(C)CCCC(C(=O)Nc1cc(Cl)c(Cl)cc1C(F)(F)F)c1ccc(C)c(OC)c1. The molecule has 1 unspecified atom stereocenters. The Morgan fingerprint density at radius 3 is 2.41 bits per heavy atom. The van der Waals surface area contributed by atoms with Crippen molar-refractivity contribution in [3.63, 3.8) is 0 Å². The molecule has 1 amide bonds. The minimum Gasteiger partial charge on any atom is -0.496 e. The van der Waals surface area contributed by atoms with Crippen LogP contribution in [0.2, 0.25) is 10.0 Å². The van der Waals surface area contributed by atoms with Crippen molar-refractivity contribution in [1.82, 2.24) is 4.90 Å².